The van der Waals surface area contributed by atoms with E-state index in [0.29, 0.717) is 49.8 Å². The van der Waals surface area contributed by atoms with Crippen LogP contribution < -0.4 is 23.7 Å². The van der Waals surface area contributed by atoms with Gasteiger partial charge in [-0.25, -0.2) is 9.97 Å². The van der Waals surface area contributed by atoms with Crippen molar-refractivity contribution in [1.29, 1.82) is 0 Å². The van der Waals surface area contributed by atoms with E-state index in [9.17, 15) is 38.2 Å². The molecule has 0 amide bonds. The first kappa shape index (κ1) is 50.6. The van der Waals surface area contributed by atoms with Gasteiger partial charge < -0.3 is 38.1 Å². The quantitative estimate of drug-likeness (QED) is 0.0265. The number of sulfonamides is 1. The van der Waals surface area contributed by atoms with Crippen molar-refractivity contribution in [2.75, 3.05) is 45.4 Å². The lowest BCUT2D eigenvalue weighted by atomic mass is 9.88. The van der Waals surface area contributed by atoms with Gasteiger partial charge in [0.2, 0.25) is 5.75 Å². The maximum Gasteiger partial charge on any atom is 0.306 e. The van der Waals surface area contributed by atoms with Crippen LogP contribution in [0.3, 0.4) is 0 Å². The molecule has 0 aliphatic rings. The number of para-hydroxylation sites is 2. The molecule has 1 N–H and O–H groups in total. The first-order valence-electron chi connectivity index (χ1n) is 20.4. The van der Waals surface area contributed by atoms with Crippen molar-refractivity contribution in [2.45, 2.75) is 88.7 Å². The standard InChI is InChI=1S/C42H52N6O16S/c1-42(2,3)30-20-23-35(43-26-30)65(55,56)46-40-38(64-34-15-11-10-14-33(34)58-5)41(45-39(44-40)29-18-21-31(57-4)22-19-29)60-28-32(63-37(50)17-9-7-13-25-62-48(53)54)27-59-36(49)16-8-6-12-24-61-47(51)52/h10-11,14-15,18-23,26,32H,6-9,12-13,16-17,24-25,27-28H2,1-5H3,(H,44,45,46). The number of carbonyl (C=O) groups excluding carboxylic acids is 2. The van der Waals surface area contributed by atoms with Crippen LogP contribution in [0.1, 0.15) is 77.7 Å². The number of aromatic nitrogens is 3. The van der Waals surface area contributed by atoms with E-state index in [1.165, 1.54) is 26.5 Å². The molecule has 0 fully saturated rings. The number of rotatable bonds is 28. The fourth-order valence-corrected chi connectivity index (χ4v) is 6.64. The van der Waals surface area contributed by atoms with Gasteiger partial charge in [0.05, 0.1) is 27.4 Å². The third kappa shape index (κ3) is 16.9. The van der Waals surface area contributed by atoms with Crippen LogP contribution in [0.2, 0.25) is 0 Å². The molecule has 1 atom stereocenters. The molecule has 0 saturated heterocycles. The third-order valence-electron chi connectivity index (χ3n) is 9.15. The Morgan fingerprint density at radius 1 is 0.769 bits per heavy atom. The Bertz CT molecular complexity index is 2310. The first-order valence-corrected chi connectivity index (χ1v) is 21.9. The topological polar surface area (TPSA) is 279 Å². The average molecular weight is 929 g/mol. The largest absolute Gasteiger partial charge is 0.497 e. The minimum Gasteiger partial charge on any atom is -0.497 e. The number of pyridine rings is 1. The summed E-state index contributed by atoms with van der Waals surface area (Å²) >= 11 is 0. The van der Waals surface area contributed by atoms with Crippen LogP contribution in [-0.4, -0.2) is 92.2 Å². The molecular weight excluding hydrogens is 877 g/mol. The van der Waals surface area contributed by atoms with Crippen molar-refractivity contribution < 1.29 is 66.3 Å². The molecule has 2 aromatic carbocycles. The van der Waals surface area contributed by atoms with E-state index in [1.54, 1.807) is 54.6 Å². The summed E-state index contributed by atoms with van der Waals surface area (Å²) in [6.45, 7) is 4.60. The van der Waals surface area contributed by atoms with E-state index in [-0.39, 0.29) is 71.3 Å². The fourth-order valence-electron chi connectivity index (χ4n) is 5.70. The maximum atomic E-state index is 14.0. The molecular formula is C42H52N6O16S. The van der Waals surface area contributed by atoms with Gasteiger partial charge in [0, 0.05) is 24.6 Å². The van der Waals surface area contributed by atoms with Crippen molar-refractivity contribution >= 4 is 27.8 Å². The Balaban J connectivity index is 1.71. The summed E-state index contributed by atoms with van der Waals surface area (Å²) in [6.07, 6.45) is 2.12. The van der Waals surface area contributed by atoms with Crippen molar-refractivity contribution in [1.82, 2.24) is 15.0 Å². The molecule has 4 rings (SSSR count). The molecule has 0 saturated carbocycles. The van der Waals surface area contributed by atoms with Gasteiger partial charge in [0.15, 0.2) is 34.3 Å². The molecule has 2 aromatic heterocycles. The lowest BCUT2D eigenvalue weighted by Gasteiger charge is -2.21. The SMILES string of the molecule is COc1ccc(-c2nc(NS(=O)(=O)c3ccc(C(C)(C)C)cn3)c(Oc3ccccc3OC)c(OCC(COC(=O)CCCCCO[N+](=O)[O-])OC(=O)CCCCCO[N+](=O)[O-])n2)cc1. The zero-order valence-electron chi connectivity index (χ0n) is 36.6. The molecule has 0 bridgehead atoms. The number of anilines is 1. The first-order chi connectivity index (χ1) is 31.0. The smallest absolute Gasteiger partial charge is 0.306 e. The molecule has 0 aliphatic carbocycles. The highest BCUT2D eigenvalue weighted by molar-refractivity contribution is 7.92. The molecule has 2 heterocycles. The second-order valence-corrected chi connectivity index (χ2v) is 16.7. The van der Waals surface area contributed by atoms with E-state index in [0.717, 1.165) is 5.56 Å². The number of hydrogen-bond acceptors (Lipinski definition) is 19. The highest BCUT2D eigenvalue weighted by Gasteiger charge is 2.28. The Labute approximate surface area is 375 Å². The highest BCUT2D eigenvalue weighted by Crippen LogP contribution is 2.42. The van der Waals surface area contributed by atoms with Gasteiger partial charge in [-0.05, 0) is 79.1 Å². The van der Waals surface area contributed by atoms with Gasteiger partial charge in [-0.1, -0.05) is 51.8 Å². The number of unbranched alkanes of at least 4 members (excludes halogenated alkanes) is 4. The van der Waals surface area contributed by atoms with Crippen molar-refractivity contribution in [2.24, 2.45) is 0 Å². The predicted molar refractivity (Wildman–Crippen MR) is 230 cm³/mol. The molecule has 4 aromatic rings. The number of benzene rings is 2. The monoisotopic (exact) mass is 928 g/mol. The molecule has 0 aliphatic heterocycles. The van der Waals surface area contributed by atoms with Crippen molar-refractivity contribution in [3.8, 4) is 40.3 Å². The molecule has 65 heavy (non-hydrogen) atoms. The summed E-state index contributed by atoms with van der Waals surface area (Å²) in [5.41, 5.74) is 0.876. The van der Waals surface area contributed by atoms with E-state index < -0.39 is 51.5 Å². The van der Waals surface area contributed by atoms with Gasteiger partial charge in [0.25, 0.3) is 26.1 Å². The normalized spacial score (nSPS) is 11.7. The number of methoxy groups -OCH3 is 2. The van der Waals surface area contributed by atoms with E-state index in [2.05, 4.69) is 29.3 Å². The summed E-state index contributed by atoms with van der Waals surface area (Å²) in [5, 5.41) is 18.7. The van der Waals surface area contributed by atoms with Crippen LogP contribution in [0.5, 0.6) is 28.9 Å². The number of hydrogen-bond donors (Lipinski definition) is 1. The Morgan fingerprint density at radius 2 is 1.40 bits per heavy atom. The van der Waals surface area contributed by atoms with E-state index in [1.807, 2.05) is 20.8 Å². The lowest BCUT2D eigenvalue weighted by molar-refractivity contribution is -0.757. The number of ether oxygens (including phenoxy) is 6. The molecule has 0 spiro atoms. The Kier molecular flexibility index (Phi) is 19.2. The fraction of sp³-hybridized carbons (Fsp3) is 0.452. The second kappa shape index (κ2) is 24.7. The molecule has 1 unspecified atom stereocenters. The minimum absolute atomic E-state index is 0.0339. The molecule has 0 radical (unpaired) electrons. The summed E-state index contributed by atoms with van der Waals surface area (Å²) in [5.74, 6) is -1.56. The second-order valence-electron chi connectivity index (χ2n) is 15.1. The van der Waals surface area contributed by atoms with Gasteiger partial charge in [0.1, 0.15) is 19.0 Å². The van der Waals surface area contributed by atoms with Crippen LogP contribution in [0.4, 0.5) is 5.82 Å². The summed E-state index contributed by atoms with van der Waals surface area (Å²) in [6, 6.07) is 16.0. The molecule has 22 nitrogen and oxygen atoms in total. The minimum atomic E-state index is -4.48. The van der Waals surface area contributed by atoms with Crippen LogP contribution in [-0.2, 0) is 44.2 Å². The lowest BCUT2D eigenvalue weighted by Crippen LogP contribution is -2.31. The molecule has 352 valence electrons. The van der Waals surface area contributed by atoms with Gasteiger partial charge >= 0.3 is 11.9 Å². The summed E-state index contributed by atoms with van der Waals surface area (Å²) in [7, 11) is -1.58. The highest BCUT2D eigenvalue weighted by atomic mass is 32.2. The number of nitrogens with one attached hydrogen (secondary N) is 1. The van der Waals surface area contributed by atoms with Crippen LogP contribution in [0.15, 0.2) is 71.9 Å². The molecule has 23 heteroatoms. The van der Waals surface area contributed by atoms with Crippen LogP contribution >= 0.6 is 0 Å². The summed E-state index contributed by atoms with van der Waals surface area (Å²) < 4.78 is 65.0. The zero-order chi connectivity index (χ0) is 47.4. The number of carbonyl (C=O) groups is 2. The van der Waals surface area contributed by atoms with Gasteiger partial charge in [-0.15, -0.1) is 20.2 Å². The van der Waals surface area contributed by atoms with Gasteiger partial charge in [-0.2, -0.15) is 13.4 Å². The van der Waals surface area contributed by atoms with Crippen LogP contribution in [0.25, 0.3) is 11.4 Å². The van der Waals surface area contributed by atoms with E-state index in [4.69, 9.17) is 28.4 Å². The van der Waals surface area contributed by atoms with Crippen LogP contribution in [0, 0.1) is 20.2 Å². The number of nitrogens with zero attached hydrogens (tertiary/aromatic N) is 5. The average Bonchev–Trinajstić information content (AvgIpc) is 3.27. The maximum absolute atomic E-state index is 14.0. The Morgan fingerprint density at radius 3 is 1.97 bits per heavy atom. The van der Waals surface area contributed by atoms with E-state index >= 15 is 0 Å². The Hall–Kier alpha value is -7.04. The third-order valence-corrected chi connectivity index (χ3v) is 10.4. The zero-order valence-corrected chi connectivity index (χ0v) is 37.4. The summed E-state index contributed by atoms with van der Waals surface area (Å²) in [4.78, 5) is 68.7. The number of esters is 2. The van der Waals surface area contributed by atoms with Gasteiger partial charge in [-0.3, -0.25) is 14.3 Å². The predicted octanol–water partition coefficient (Wildman–Crippen LogP) is 6.82. The van der Waals surface area contributed by atoms with Crippen molar-refractivity contribution in [3.63, 3.8) is 0 Å². The van der Waals surface area contributed by atoms with Crippen molar-refractivity contribution in [3.05, 3.63) is 92.7 Å².